The van der Waals surface area contributed by atoms with Gasteiger partial charge in [-0.25, -0.2) is 0 Å². The van der Waals surface area contributed by atoms with Gasteiger partial charge in [-0.1, -0.05) is 18.2 Å². The third-order valence-corrected chi connectivity index (χ3v) is 4.18. The summed E-state index contributed by atoms with van der Waals surface area (Å²) in [4.78, 5) is 0. The summed E-state index contributed by atoms with van der Waals surface area (Å²) in [6, 6.07) is 7.50. The molecular formula is C7H9N2O4S2-. The molecule has 0 bridgehead atoms. The molecule has 6 nitrogen and oxygen atoms in total. The zero-order valence-corrected chi connectivity index (χ0v) is 9.42. The van der Waals surface area contributed by atoms with Crippen LogP contribution in [0.25, 0.3) is 0 Å². The number of hydrogen-bond donors (Lipinski definition) is 1. The molecule has 0 heterocycles. The van der Waals surface area contributed by atoms with Crippen LogP contribution in [0.3, 0.4) is 0 Å². The SMILES string of the molecule is CNS(=O)(=O)N(c1ccccc1)S(=O)[O-]. The Kier molecular flexibility index (Phi) is 3.80. The van der Waals surface area contributed by atoms with Crippen LogP contribution in [-0.4, -0.2) is 24.2 Å². The zero-order valence-electron chi connectivity index (χ0n) is 7.78. The average molecular weight is 249 g/mol. The molecule has 0 amide bonds. The number of nitrogens with one attached hydrogen (secondary N) is 1. The molecule has 1 aromatic rings. The fraction of sp³-hybridized carbons (Fsp3) is 0.143. The second-order valence-corrected chi connectivity index (χ2v) is 5.24. The molecule has 0 aliphatic carbocycles. The normalized spacial score (nSPS) is 13.5. The number of anilines is 1. The molecule has 8 heteroatoms. The van der Waals surface area contributed by atoms with Crippen molar-refractivity contribution in [2.24, 2.45) is 0 Å². The quantitative estimate of drug-likeness (QED) is 0.745. The fourth-order valence-corrected chi connectivity index (χ4v) is 2.66. The first-order valence-corrected chi connectivity index (χ1v) is 6.34. The van der Waals surface area contributed by atoms with Crippen molar-refractivity contribution in [2.45, 2.75) is 0 Å². The maximum atomic E-state index is 11.4. The van der Waals surface area contributed by atoms with Gasteiger partial charge in [0, 0.05) is 7.05 Å². The second-order valence-electron chi connectivity index (χ2n) is 2.49. The number of hydrogen-bond acceptors (Lipinski definition) is 4. The van der Waals surface area contributed by atoms with Crippen LogP contribution in [0.5, 0.6) is 0 Å². The van der Waals surface area contributed by atoms with Crippen LogP contribution in [0.4, 0.5) is 5.69 Å². The maximum absolute atomic E-state index is 11.4. The molecule has 1 aromatic carbocycles. The largest absolute Gasteiger partial charge is 0.754 e. The van der Waals surface area contributed by atoms with Gasteiger partial charge in [0.2, 0.25) is 0 Å². The number of rotatable bonds is 4. The highest BCUT2D eigenvalue weighted by atomic mass is 32.3. The van der Waals surface area contributed by atoms with Crippen LogP contribution in [0.2, 0.25) is 0 Å². The number of nitrogens with zero attached hydrogens (tertiary/aromatic N) is 1. The van der Waals surface area contributed by atoms with Crippen molar-refractivity contribution in [1.29, 1.82) is 0 Å². The highest BCUT2D eigenvalue weighted by molar-refractivity contribution is 8.04. The Morgan fingerprint density at radius 2 is 1.87 bits per heavy atom. The predicted octanol–water partition coefficient (Wildman–Crippen LogP) is -0.249. The first-order valence-electron chi connectivity index (χ1n) is 3.87. The van der Waals surface area contributed by atoms with E-state index in [1.165, 1.54) is 12.1 Å². The van der Waals surface area contributed by atoms with Gasteiger partial charge in [-0.15, -0.1) is 0 Å². The molecule has 84 valence electrons. The Morgan fingerprint density at radius 3 is 2.27 bits per heavy atom. The molecule has 0 saturated heterocycles. The summed E-state index contributed by atoms with van der Waals surface area (Å²) in [5, 5.41) is 0. The van der Waals surface area contributed by atoms with Crippen molar-refractivity contribution >= 4 is 27.2 Å². The molecule has 0 saturated carbocycles. The molecule has 15 heavy (non-hydrogen) atoms. The Morgan fingerprint density at radius 1 is 1.33 bits per heavy atom. The van der Waals surface area contributed by atoms with Gasteiger partial charge in [0.1, 0.15) is 0 Å². The van der Waals surface area contributed by atoms with Gasteiger partial charge in [-0.05, 0) is 12.1 Å². The monoisotopic (exact) mass is 249 g/mol. The third kappa shape index (κ3) is 2.75. The highest BCUT2D eigenvalue weighted by Crippen LogP contribution is 2.17. The Balaban J connectivity index is 3.23. The molecule has 0 aliphatic heterocycles. The fourth-order valence-electron chi connectivity index (χ4n) is 0.938. The molecule has 0 aliphatic rings. The van der Waals surface area contributed by atoms with Gasteiger partial charge in [0.05, 0.1) is 17.0 Å². The van der Waals surface area contributed by atoms with Gasteiger partial charge in [0.15, 0.2) is 0 Å². The van der Waals surface area contributed by atoms with Crippen LogP contribution < -0.4 is 8.43 Å². The smallest absolute Gasteiger partial charge is 0.311 e. The first kappa shape index (κ1) is 12.1. The third-order valence-electron chi connectivity index (χ3n) is 1.58. The molecule has 0 aromatic heterocycles. The second kappa shape index (κ2) is 4.71. The van der Waals surface area contributed by atoms with E-state index in [2.05, 4.69) is 0 Å². The predicted molar refractivity (Wildman–Crippen MR) is 55.8 cm³/mol. The Bertz CT molecular complexity index is 445. The highest BCUT2D eigenvalue weighted by Gasteiger charge is 2.21. The van der Waals surface area contributed by atoms with E-state index in [0.717, 1.165) is 7.05 Å². The number of para-hydroxylation sites is 1. The van der Waals surface area contributed by atoms with Crippen molar-refractivity contribution in [1.82, 2.24) is 4.72 Å². The van der Waals surface area contributed by atoms with Gasteiger partial charge in [-0.2, -0.15) is 16.9 Å². The molecule has 0 fully saturated rings. The summed E-state index contributed by atoms with van der Waals surface area (Å²) in [5.41, 5.74) is 0.0557. The molecule has 1 N–H and O–H groups in total. The van der Waals surface area contributed by atoms with Crippen LogP contribution in [-0.2, 0) is 21.5 Å². The van der Waals surface area contributed by atoms with Crippen LogP contribution in [0, 0.1) is 0 Å². The Hall–Kier alpha value is -0.960. The minimum Gasteiger partial charge on any atom is -0.754 e. The van der Waals surface area contributed by atoms with E-state index in [0.29, 0.717) is 0 Å². The Labute approximate surface area is 90.5 Å². The lowest BCUT2D eigenvalue weighted by atomic mass is 10.3. The average Bonchev–Trinajstić information content (AvgIpc) is 2.18. The van der Waals surface area contributed by atoms with Crippen molar-refractivity contribution in [2.75, 3.05) is 10.8 Å². The minimum absolute atomic E-state index is 0.0557. The van der Waals surface area contributed by atoms with E-state index < -0.39 is 21.5 Å². The van der Waals surface area contributed by atoms with Crippen LogP contribution in [0.1, 0.15) is 0 Å². The summed E-state index contributed by atoms with van der Waals surface area (Å²) in [7, 11) is -2.90. The minimum atomic E-state index is -4.04. The van der Waals surface area contributed by atoms with Crippen LogP contribution in [0.15, 0.2) is 30.3 Å². The van der Waals surface area contributed by atoms with E-state index in [9.17, 15) is 17.2 Å². The molecule has 0 spiro atoms. The summed E-state index contributed by atoms with van der Waals surface area (Å²) < 4.78 is 46.5. The summed E-state index contributed by atoms with van der Waals surface area (Å²) in [5.74, 6) is 0. The van der Waals surface area contributed by atoms with E-state index in [1.807, 2.05) is 4.72 Å². The van der Waals surface area contributed by atoms with Gasteiger partial charge in [0.25, 0.3) is 0 Å². The maximum Gasteiger partial charge on any atom is 0.311 e. The van der Waals surface area contributed by atoms with Crippen molar-refractivity contribution in [3.63, 3.8) is 0 Å². The van der Waals surface area contributed by atoms with E-state index in [4.69, 9.17) is 0 Å². The van der Waals surface area contributed by atoms with E-state index in [1.54, 1.807) is 18.2 Å². The lowest BCUT2D eigenvalue weighted by molar-refractivity contribution is 0.535. The molecular weight excluding hydrogens is 240 g/mol. The molecule has 0 radical (unpaired) electrons. The van der Waals surface area contributed by atoms with Crippen molar-refractivity contribution in [3.8, 4) is 0 Å². The molecule has 1 atom stereocenters. The topological polar surface area (TPSA) is 89.5 Å². The molecule has 1 rings (SSSR count). The van der Waals surface area contributed by atoms with Crippen molar-refractivity contribution in [3.05, 3.63) is 30.3 Å². The lowest BCUT2D eigenvalue weighted by Crippen LogP contribution is -2.40. The summed E-state index contributed by atoms with van der Waals surface area (Å²) in [6.45, 7) is 0. The van der Waals surface area contributed by atoms with Gasteiger partial charge >= 0.3 is 10.2 Å². The van der Waals surface area contributed by atoms with E-state index >= 15 is 0 Å². The summed E-state index contributed by atoms with van der Waals surface area (Å²) >= 11 is -2.89. The molecule has 1 unspecified atom stereocenters. The number of benzene rings is 1. The van der Waals surface area contributed by atoms with Gasteiger partial charge < -0.3 is 4.55 Å². The van der Waals surface area contributed by atoms with Gasteiger partial charge in [-0.3, -0.25) is 4.21 Å². The zero-order chi connectivity index (χ0) is 11.5. The summed E-state index contributed by atoms with van der Waals surface area (Å²) in [6.07, 6.45) is 0. The standard InChI is InChI=1S/C7H10N2O4S2/c1-8-15(12,13)9(14(10)11)7-5-3-2-4-6-7/h2-6,8H,1H3,(H,10,11)/p-1. The van der Waals surface area contributed by atoms with Crippen molar-refractivity contribution < 1.29 is 17.2 Å². The first-order chi connectivity index (χ1) is 6.99. The van der Waals surface area contributed by atoms with E-state index in [-0.39, 0.29) is 9.40 Å². The van der Waals surface area contributed by atoms with Crippen LogP contribution >= 0.6 is 0 Å². The lowest BCUT2D eigenvalue weighted by Gasteiger charge is -2.24.